The van der Waals surface area contributed by atoms with Gasteiger partial charge in [0.25, 0.3) is 0 Å². The predicted molar refractivity (Wildman–Crippen MR) is 299 cm³/mol. The summed E-state index contributed by atoms with van der Waals surface area (Å²) in [5.41, 5.74) is 12.9. The summed E-state index contributed by atoms with van der Waals surface area (Å²) in [6.07, 6.45) is 0. The Morgan fingerprint density at radius 1 is 0.271 bits per heavy atom. The number of hydrogen-bond donors (Lipinski definition) is 0. The first-order valence-corrected chi connectivity index (χ1v) is 26.2. The number of aromatic nitrogens is 2. The van der Waals surface area contributed by atoms with Crippen LogP contribution in [0.1, 0.15) is 0 Å². The smallest absolute Gasteiger partial charge is 0.179 e. The highest BCUT2D eigenvalue weighted by atomic mass is 28.3. The molecule has 0 N–H and O–H groups in total. The van der Waals surface area contributed by atoms with Gasteiger partial charge in [0.1, 0.15) is 0 Å². The molecule has 0 fully saturated rings. The first-order valence-electron chi connectivity index (χ1n) is 24.2. The van der Waals surface area contributed by atoms with E-state index in [0.717, 1.165) is 22.7 Å². The van der Waals surface area contributed by atoms with Gasteiger partial charge in [0, 0.05) is 55.1 Å². The highest BCUT2D eigenvalue weighted by Crippen LogP contribution is 2.44. The normalized spacial score (nSPS) is 12.0. The van der Waals surface area contributed by atoms with E-state index in [1.807, 2.05) is 0 Å². The quantitative estimate of drug-likeness (QED) is 0.104. The number of anilines is 3. The van der Waals surface area contributed by atoms with Gasteiger partial charge in [0.15, 0.2) is 8.07 Å². The molecular weight excluding hydrogens is 863 g/mol. The van der Waals surface area contributed by atoms with Crippen LogP contribution in [-0.4, -0.2) is 17.0 Å². The van der Waals surface area contributed by atoms with Gasteiger partial charge in [-0.1, -0.05) is 200 Å². The van der Waals surface area contributed by atoms with Crippen LogP contribution >= 0.6 is 0 Å². The second-order valence-corrected chi connectivity index (χ2v) is 22.3. The fourth-order valence-corrected chi connectivity index (χ4v) is 16.5. The maximum absolute atomic E-state index is 2.64. The van der Waals surface area contributed by atoms with Crippen LogP contribution < -0.4 is 25.6 Å². The van der Waals surface area contributed by atoms with E-state index < -0.39 is 8.07 Å². The van der Waals surface area contributed by atoms with Crippen molar-refractivity contribution in [3.8, 4) is 16.8 Å². The molecule has 14 aromatic rings. The van der Waals surface area contributed by atoms with Gasteiger partial charge in [-0.15, -0.1) is 0 Å². The minimum atomic E-state index is -2.64. The average Bonchev–Trinajstić information content (AvgIpc) is 4.08. The molecule has 0 amide bonds. The fraction of sp³-hybridized carbons (Fsp3) is 0. The summed E-state index contributed by atoms with van der Waals surface area (Å²) in [7, 11) is -2.64. The number of para-hydroxylation sites is 4. The van der Waals surface area contributed by atoms with Gasteiger partial charge in [-0.3, -0.25) is 0 Å². The highest BCUT2D eigenvalue weighted by molar-refractivity contribution is 7.19. The summed E-state index contributed by atoms with van der Waals surface area (Å²) in [6.45, 7) is 0. The number of rotatable bonds is 9. The van der Waals surface area contributed by atoms with Gasteiger partial charge < -0.3 is 13.9 Å². The zero-order chi connectivity index (χ0) is 46.2. The number of nitrogens with zero attached hydrogens (tertiary/aromatic N) is 3. The molecule has 328 valence electrons. The van der Waals surface area contributed by atoms with Gasteiger partial charge in [-0.2, -0.15) is 0 Å². The van der Waals surface area contributed by atoms with Crippen molar-refractivity contribution in [2.24, 2.45) is 0 Å². The third kappa shape index (κ3) is 6.07. The Bertz CT molecular complexity index is 4100. The minimum Gasteiger partial charge on any atom is -0.310 e. The van der Waals surface area contributed by atoms with Crippen LogP contribution in [0.2, 0.25) is 0 Å². The van der Waals surface area contributed by atoms with E-state index in [0.29, 0.717) is 0 Å². The Morgan fingerprint density at radius 3 is 1.24 bits per heavy atom. The van der Waals surface area contributed by atoms with E-state index in [-0.39, 0.29) is 0 Å². The van der Waals surface area contributed by atoms with Gasteiger partial charge in [0.2, 0.25) is 0 Å². The molecule has 0 bridgehead atoms. The largest absolute Gasteiger partial charge is 0.310 e. The predicted octanol–water partition coefficient (Wildman–Crippen LogP) is 14.4. The molecule has 3 nitrogen and oxygen atoms in total. The van der Waals surface area contributed by atoms with E-state index in [1.165, 1.54) is 91.8 Å². The van der Waals surface area contributed by atoms with Crippen molar-refractivity contribution in [1.29, 1.82) is 0 Å². The molecule has 3 heterocycles. The van der Waals surface area contributed by atoms with Crippen LogP contribution in [0.3, 0.4) is 0 Å². The van der Waals surface area contributed by atoms with Crippen LogP contribution in [0.5, 0.6) is 0 Å². The number of hydrogen-bond acceptors (Lipinski definition) is 1. The van der Waals surface area contributed by atoms with Crippen molar-refractivity contribution < 1.29 is 0 Å². The fourth-order valence-electron chi connectivity index (χ4n) is 11.7. The van der Waals surface area contributed by atoms with Crippen LogP contribution in [0.15, 0.2) is 273 Å². The van der Waals surface area contributed by atoms with E-state index in [2.05, 4.69) is 287 Å². The van der Waals surface area contributed by atoms with Crippen LogP contribution in [0, 0.1) is 0 Å². The van der Waals surface area contributed by atoms with Crippen molar-refractivity contribution in [2.75, 3.05) is 4.90 Å². The first-order chi connectivity index (χ1) is 34.7. The summed E-state index contributed by atoms with van der Waals surface area (Å²) in [6, 6.07) is 101. The molecule has 0 radical (unpaired) electrons. The standard InChI is InChI=1S/C66H45N3Si/c1-5-18-48(19-6-1)68-62-30-15-14-27-57(62)60-44-50(38-42-64(60)68)67(51-39-43-65-61(45-51)59-29-17-28-58-56-26-13-16-31-63(56)69(65)66(58)59)49-36-32-46(33-37-49)47-34-40-55(41-35-47)70(52-20-7-2-8-21-52,53-22-9-3-10-23-53)54-24-11-4-12-25-54/h1-45H. The Kier molecular flexibility index (Phi) is 9.23. The average molecular weight is 908 g/mol. The zero-order valence-corrected chi connectivity index (χ0v) is 39.3. The van der Waals surface area contributed by atoms with Crippen molar-refractivity contribution in [3.63, 3.8) is 0 Å². The third-order valence-electron chi connectivity index (χ3n) is 14.8. The molecule has 0 saturated carbocycles. The monoisotopic (exact) mass is 907 g/mol. The Morgan fingerprint density at radius 2 is 0.657 bits per heavy atom. The molecule has 0 aliphatic rings. The third-order valence-corrected chi connectivity index (χ3v) is 19.6. The van der Waals surface area contributed by atoms with E-state index in [9.17, 15) is 0 Å². The molecular formula is C66H45N3Si. The van der Waals surface area contributed by atoms with E-state index in [4.69, 9.17) is 0 Å². The number of benzene rings is 11. The lowest BCUT2D eigenvalue weighted by molar-refractivity contribution is 1.18. The Labute approximate surface area is 407 Å². The second-order valence-electron chi connectivity index (χ2n) is 18.5. The molecule has 3 aromatic heterocycles. The Balaban J connectivity index is 0.918. The molecule has 70 heavy (non-hydrogen) atoms. The molecule has 0 aliphatic heterocycles. The minimum absolute atomic E-state index is 1.09. The number of fused-ring (bicyclic) bond motifs is 9. The topological polar surface area (TPSA) is 12.6 Å². The lowest BCUT2D eigenvalue weighted by atomic mass is 10.0. The summed E-state index contributed by atoms with van der Waals surface area (Å²) in [4.78, 5) is 2.44. The highest BCUT2D eigenvalue weighted by Gasteiger charge is 2.41. The SMILES string of the molecule is c1ccc(-n2c3ccccc3c3cc(N(c4ccc(-c5ccc([Si](c6ccccc6)(c6ccccc6)c6ccccc6)cc5)cc4)c4ccc5c(c4)c4cccc6c7ccccc7n5c64)ccc32)cc1. The van der Waals surface area contributed by atoms with E-state index in [1.54, 1.807) is 0 Å². The lowest BCUT2D eigenvalue weighted by Crippen LogP contribution is -2.74. The van der Waals surface area contributed by atoms with Gasteiger partial charge in [-0.05, 0) is 105 Å². The molecule has 0 unspecified atom stereocenters. The Hall–Kier alpha value is -8.96. The first kappa shape index (κ1) is 40.1. The van der Waals surface area contributed by atoms with Crippen molar-refractivity contribution in [1.82, 2.24) is 8.97 Å². The van der Waals surface area contributed by atoms with Crippen molar-refractivity contribution >= 4 is 106 Å². The van der Waals surface area contributed by atoms with Crippen molar-refractivity contribution in [3.05, 3.63) is 273 Å². The molecule has 0 spiro atoms. The second kappa shape index (κ2) is 16.1. The summed E-state index contributed by atoms with van der Waals surface area (Å²) < 4.78 is 4.85. The summed E-state index contributed by atoms with van der Waals surface area (Å²) in [5.74, 6) is 0. The molecule has 0 aliphatic carbocycles. The molecule has 4 heteroatoms. The van der Waals surface area contributed by atoms with Gasteiger partial charge >= 0.3 is 0 Å². The summed E-state index contributed by atoms with van der Waals surface area (Å²) in [5, 5.41) is 13.0. The summed E-state index contributed by atoms with van der Waals surface area (Å²) >= 11 is 0. The van der Waals surface area contributed by atoms with Crippen LogP contribution in [0.4, 0.5) is 17.1 Å². The lowest BCUT2D eigenvalue weighted by Gasteiger charge is -2.34. The molecule has 0 atom stereocenters. The molecule has 11 aromatic carbocycles. The van der Waals surface area contributed by atoms with Gasteiger partial charge in [-0.25, -0.2) is 0 Å². The van der Waals surface area contributed by atoms with Gasteiger partial charge in [0.05, 0.1) is 27.6 Å². The van der Waals surface area contributed by atoms with Crippen LogP contribution in [-0.2, 0) is 0 Å². The maximum Gasteiger partial charge on any atom is 0.179 e. The molecule has 14 rings (SSSR count). The van der Waals surface area contributed by atoms with Crippen LogP contribution in [0.25, 0.3) is 76.7 Å². The van der Waals surface area contributed by atoms with Crippen molar-refractivity contribution in [2.45, 2.75) is 0 Å². The maximum atomic E-state index is 2.46. The van der Waals surface area contributed by atoms with E-state index >= 15 is 0 Å². The molecule has 0 saturated heterocycles. The zero-order valence-electron chi connectivity index (χ0n) is 38.3.